The summed E-state index contributed by atoms with van der Waals surface area (Å²) in [6.07, 6.45) is 0. The second-order valence-electron chi connectivity index (χ2n) is 5.41. The molecule has 0 amide bonds. The van der Waals surface area contributed by atoms with Crippen LogP contribution in [-0.4, -0.2) is 5.97 Å². The Labute approximate surface area is 163 Å². The first kappa shape index (κ1) is 18.3. The summed E-state index contributed by atoms with van der Waals surface area (Å²) in [6.45, 7) is 0. The van der Waals surface area contributed by atoms with Crippen LogP contribution in [0.2, 0.25) is 0 Å². The number of rotatable bonds is 4. The third-order valence-corrected chi connectivity index (χ3v) is 4.60. The van der Waals surface area contributed by atoms with Crippen molar-refractivity contribution in [1.29, 1.82) is 0 Å². The van der Waals surface area contributed by atoms with Crippen molar-refractivity contribution >= 4 is 34.1 Å². The predicted molar refractivity (Wildman–Crippen MR) is 105 cm³/mol. The van der Waals surface area contributed by atoms with Gasteiger partial charge in [-0.25, -0.2) is 13.6 Å². The molecule has 0 bridgehead atoms. The van der Waals surface area contributed by atoms with E-state index in [1.165, 1.54) is 24.3 Å². The molecule has 0 spiro atoms. The molecule has 0 aliphatic heterocycles. The maximum absolute atomic E-state index is 13.3. The van der Waals surface area contributed by atoms with E-state index in [0.717, 1.165) is 0 Å². The Morgan fingerprint density at radius 3 is 1.65 bits per heavy atom. The highest BCUT2D eigenvalue weighted by atomic mass is 127. The van der Waals surface area contributed by atoms with Gasteiger partial charge in [-0.3, -0.25) is 0 Å². The van der Waals surface area contributed by atoms with Crippen molar-refractivity contribution in [2.75, 3.05) is 0 Å². The maximum atomic E-state index is 13.3. The third kappa shape index (κ3) is 4.35. The lowest BCUT2D eigenvalue weighted by atomic mass is 9.97. The first-order valence-corrected chi connectivity index (χ1v) is 8.81. The second-order valence-corrected chi connectivity index (χ2v) is 6.48. The molecule has 0 N–H and O–H groups in total. The Kier molecular flexibility index (Phi) is 5.78. The van der Waals surface area contributed by atoms with Gasteiger partial charge in [0.15, 0.2) is 0 Å². The zero-order chi connectivity index (χ0) is 18.5. The lowest BCUT2D eigenvalue weighted by molar-refractivity contribution is -0.129. The fourth-order valence-corrected chi connectivity index (χ4v) is 3.13. The van der Waals surface area contributed by atoms with Crippen LogP contribution < -0.4 is 4.74 Å². The van der Waals surface area contributed by atoms with Crippen molar-refractivity contribution in [2.24, 2.45) is 0 Å². The summed E-state index contributed by atoms with van der Waals surface area (Å²) in [5.41, 5.74) is 1.81. The summed E-state index contributed by atoms with van der Waals surface area (Å²) in [5.74, 6) is -0.882. The van der Waals surface area contributed by atoms with Crippen LogP contribution in [0.25, 0.3) is 5.57 Å². The molecule has 0 aromatic heterocycles. The zero-order valence-corrected chi connectivity index (χ0v) is 15.6. The molecule has 0 radical (unpaired) electrons. The number of para-hydroxylation sites is 1. The monoisotopic (exact) mass is 462 g/mol. The molecule has 0 saturated heterocycles. The molecule has 2 nitrogen and oxygen atoms in total. The van der Waals surface area contributed by atoms with E-state index < -0.39 is 5.97 Å². The van der Waals surface area contributed by atoms with Crippen LogP contribution in [-0.2, 0) is 4.79 Å². The van der Waals surface area contributed by atoms with Gasteiger partial charge in [0, 0.05) is 5.57 Å². The molecule has 5 heteroatoms. The molecule has 3 rings (SSSR count). The number of benzene rings is 3. The standard InChI is InChI=1S/C21H13F2IO2/c22-16-10-6-14(7-11-16)19(15-8-12-17(23)13-9-15)20(24)21(25)26-18-4-2-1-3-5-18/h1-13H. The summed E-state index contributed by atoms with van der Waals surface area (Å²) in [6, 6.07) is 20.2. The van der Waals surface area contributed by atoms with Crippen LogP contribution in [0, 0.1) is 11.6 Å². The fraction of sp³-hybridized carbons (Fsp3) is 0. The lowest BCUT2D eigenvalue weighted by Gasteiger charge is -2.12. The van der Waals surface area contributed by atoms with Gasteiger partial charge in [0.2, 0.25) is 0 Å². The van der Waals surface area contributed by atoms with E-state index in [1.54, 1.807) is 48.5 Å². The molecular formula is C21H13F2IO2. The Balaban J connectivity index is 2.05. The van der Waals surface area contributed by atoms with Gasteiger partial charge in [0.1, 0.15) is 21.0 Å². The van der Waals surface area contributed by atoms with Gasteiger partial charge in [-0.05, 0) is 70.1 Å². The molecule has 130 valence electrons. The Morgan fingerprint density at radius 1 is 0.731 bits per heavy atom. The summed E-state index contributed by atoms with van der Waals surface area (Å²) in [4.78, 5) is 12.6. The van der Waals surface area contributed by atoms with Crippen molar-refractivity contribution in [3.63, 3.8) is 0 Å². The average molecular weight is 462 g/mol. The van der Waals surface area contributed by atoms with E-state index in [0.29, 0.717) is 26.0 Å². The number of hydrogen-bond donors (Lipinski definition) is 0. The Morgan fingerprint density at radius 2 is 1.19 bits per heavy atom. The number of hydrogen-bond acceptors (Lipinski definition) is 2. The van der Waals surface area contributed by atoms with Crippen molar-refractivity contribution in [3.8, 4) is 5.75 Å². The van der Waals surface area contributed by atoms with Gasteiger partial charge in [-0.1, -0.05) is 42.5 Å². The first-order chi connectivity index (χ1) is 12.5. The fourth-order valence-electron chi connectivity index (χ4n) is 2.40. The van der Waals surface area contributed by atoms with Crippen LogP contribution in [0.15, 0.2) is 82.4 Å². The van der Waals surface area contributed by atoms with Crippen molar-refractivity contribution in [3.05, 3.63) is 105 Å². The highest BCUT2D eigenvalue weighted by Gasteiger charge is 2.18. The number of carbonyl (C=O) groups is 1. The van der Waals surface area contributed by atoms with Crippen LogP contribution in [0.1, 0.15) is 11.1 Å². The van der Waals surface area contributed by atoms with Gasteiger partial charge in [-0.15, -0.1) is 0 Å². The largest absolute Gasteiger partial charge is 0.423 e. The number of esters is 1. The maximum Gasteiger partial charge on any atom is 0.350 e. The first-order valence-electron chi connectivity index (χ1n) is 7.73. The molecule has 0 unspecified atom stereocenters. The number of ether oxygens (including phenoxy) is 1. The summed E-state index contributed by atoms with van der Waals surface area (Å²) < 4.78 is 32.3. The quantitative estimate of drug-likeness (QED) is 0.213. The van der Waals surface area contributed by atoms with Crippen LogP contribution in [0.5, 0.6) is 5.75 Å². The normalized spacial score (nSPS) is 10.3. The Bertz CT molecular complexity index is 887. The Hall–Kier alpha value is -2.54. The minimum atomic E-state index is -0.541. The average Bonchev–Trinajstić information content (AvgIpc) is 2.65. The van der Waals surface area contributed by atoms with Gasteiger partial charge < -0.3 is 4.74 Å². The molecule has 0 aliphatic rings. The minimum absolute atomic E-state index is 0.310. The third-order valence-electron chi connectivity index (χ3n) is 3.62. The van der Waals surface area contributed by atoms with Gasteiger partial charge in [-0.2, -0.15) is 0 Å². The molecule has 0 fully saturated rings. The predicted octanol–water partition coefficient (Wildman–Crippen LogP) is 5.76. The smallest absolute Gasteiger partial charge is 0.350 e. The molecule has 3 aromatic rings. The molecule has 0 atom stereocenters. The van der Waals surface area contributed by atoms with Crippen LogP contribution in [0.3, 0.4) is 0 Å². The summed E-state index contributed by atoms with van der Waals surface area (Å²) in [5, 5.41) is 0. The van der Waals surface area contributed by atoms with Gasteiger partial charge in [0.05, 0.1) is 0 Å². The molecule has 3 aromatic carbocycles. The SMILES string of the molecule is O=C(Oc1ccccc1)C(I)=C(c1ccc(F)cc1)c1ccc(F)cc1. The van der Waals surface area contributed by atoms with Gasteiger partial charge >= 0.3 is 5.97 Å². The lowest BCUT2D eigenvalue weighted by Crippen LogP contribution is -2.10. The molecule has 0 aliphatic carbocycles. The highest BCUT2D eigenvalue weighted by molar-refractivity contribution is 14.1. The van der Waals surface area contributed by atoms with E-state index in [4.69, 9.17) is 4.74 Å². The number of halogens is 3. The molecular weight excluding hydrogens is 449 g/mol. The second kappa shape index (κ2) is 8.23. The van der Waals surface area contributed by atoms with E-state index >= 15 is 0 Å². The van der Waals surface area contributed by atoms with E-state index in [1.807, 2.05) is 28.7 Å². The van der Waals surface area contributed by atoms with Crippen molar-refractivity contribution in [1.82, 2.24) is 0 Å². The van der Waals surface area contributed by atoms with Crippen LogP contribution >= 0.6 is 22.6 Å². The van der Waals surface area contributed by atoms with E-state index in [9.17, 15) is 13.6 Å². The van der Waals surface area contributed by atoms with E-state index in [-0.39, 0.29) is 11.6 Å². The van der Waals surface area contributed by atoms with Crippen LogP contribution in [0.4, 0.5) is 8.78 Å². The highest BCUT2D eigenvalue weighted by Crippen LogP contribution is 2.31. The minimum Gasteiger partial charge on any atom is -0.423 e. The zero-order valence-electron chi connectivity index (χ0n) is 13.5. The van der Waals surface area contributed by atoms with E-state index in [2.05, 4.69) is 0 Å². The summed E-state index contributed by atoms with van der Waals surface area (Å²) >= 11 is 1.90. The van der Waals surface area contributed by atoms with Crippen molar-refractivity contribution in [2.45, 2.75) is 0 Å². The van der Waals surface area contributed by atoms with Gasteiger partial charge in [0.25, 0.3) is 0 Å². The van der Waals surface area contributed by atoms with Crippen molar-refractivity contribution < 1.29 is 18.3 Å². The molecule has 26 heavy (non-hydrogen) atoms. The molecule has 0 heterocycles. The summed E-state index contributed by atoms with van der Waals surface area (Å²) in [7, 11) is 0. The molecule has 0 saturated carbocycles. The topological polar surface area (TPSA) is 26.3 Å². The number of carbonyl (C=O) groups excluding carboxylic acids is 1.